The highest BCUT2D eigenvalue weighted by molar-refractivity contribution is 5.84. The number of aliphatic hydroxyl groups is 9. The zero-order chi connectivity index (χ0) is 35.9. The van der Waals surface area contributed by atoms with Crippen LogP contribution in [0.3, 0.4) is 0 Å². The van der Waals surface area contributed by atoms with E-state index < -0.39 is 140 Å². The molecule has 4 aliphatic heterocycles. The lowest BCUT2D eigenvalue weighted by Crippen LogP contribution is -2.68. The lowest BCUT2D eigenvalue weighted by molar-refractivity contribution is -0.373. The average Bonchev–Trinajstić information content (AvgIpc) is 3.01. The van der Waals surface area contributed by atoms with Gasteiger partial charge in [-0.15, -0.1) is 0 Å². The van der Waals surface area contributed by atoms with Crippen molar-refractivity contribution in [3.05, 3.63) is 11.8 Å². The minimum absolute atomic E-state index is 0.595. The predicted octanol–water partition coefficient (Wildman–Crippen LogP) is -8.23. The Labute approximate surface area is 265 Å². The lowest BCUT2D eigenvalue weighted by atomic mass is 9.95. The van der Waals surface area contributed by atoms with E-state index in [0.29, 0.717) is 6.08 Å². The summed E-state index contributed by atoms with van der Waals surface area (Å²) >= 11 is 0. The summed E-state index contributed by atoms with van der Waals surface area (Å²) < 4.78 is 35.4. The molecule has 0 aliphatic carbocycles. The van der Waals surface area contributed by atoms with Crippen LogP contribution in [0.2, 0.25) is 0 Å². The van der Waals surface area contributed by atoms with Crippen molar-refractivity contribution in [3.63, 3.8) is 0 Å². The zero-order valence-electron chi connectivity index (χ0n) is 23.8. The Balaban J connectivity index is 1.51. The van der Waals surface area contributed by atoms with Crippen LogP contribution < -0.4 is 0 Å². The second kappa shape index (κ2) is 14.7. The van der Waals surface area contributed by atoms with Gasteiger partial charge in [-0.25, -0.2) is 19.2 Å². The topological polar surface area (TPSA) is 396 Å². The Morgan fingerprint density at radius 3 is 1.27 bits per heavy atom. The van der Waals surface area contributed by atoms with Crippen LogP contribution in [0.5, 0.6) is 0 Å². The summed E-state index contributed by atoms with van der Waals surface area (Å²) in [6, 6.07) is 0. The molecule has 3 fully saturated rings. The van der Waals surface area contributed by atoms with Gasteiger partial charge in [-0.3, -0.25) is 0 Å². The fraction of sp³-hybridized carbons (Fsp3) is 0.750. The second-order valence-corrected chi connectivity index (χ2v) is 10.9. The molecule has 0 saturated carbocycles. The van der Waals surface area contributed by atoms with E-state index in [1.54, 1.807) is 0 Å². The summed E-state index contributed by atoms with van der Waals surface area (Å²) in [6.07, 6.45) is -39.8. The van der Waals surface area contributed by atoms with Crippen molar-refractivity contribution in [1.82, 2.24) is 0 Å². The molecule has 4 rings (SSSR count). The Morgan fingerprint density at radius 1 is 0.500 bits per heavy atom. The average molecular weight is 704 g/mol. The Morgan fingerprint density at radius 2 is 0.875 bits per heavy atom. The summed E-state index contributed by atoms with van der Waals surface area (Å²) in [6.45, 7) is 0. The summed E-state index contributed by atoms with van der Waals surface area (Å²) in [5.74, 6) is -8.39. The number of ether oxygens (including phenoxy) is 7. The summed E-state index contributed by atoms with van der Waals surface area (Å²) in [4.78, 5) is 47.0. The Kier molecular flexibility index (Phi) is 11.6. The minimum Gasteiger partial charge on any atom is -0.479 e. The Hall–Kier alpha value is -3.18. The van der Waals surface area contributed by atoms with Gasteiger partial charge < -0.3 is 99.5 Å². The Bertz CT molecular complexity index is 1240. The van der Waals surface area contributed by atoms with Crippen LogP contribution in [-0.4, -0.2) is 201 Å². The van der Waals surface area contributed by atoms with Gasteiger partial charge in [0.25, 0.3) is 0 Å². The molecule has 13 N–H and O–H groups in total. The van der Waals surface area contributed by atoms with Crippen LogP contribution in [0.15, 0.2) is 11.8 Å². The van der Waals surface area contributed by atoms with E-state index in [-0.39, 0.29) is 0 Å². The first-order valence-electron chi connectivity index (χ1n) is 13.7. The van der Waals surface area contributed by atoms with Crippen molar-refractivity contribution in [2.45, 2.75) is 111 Å². The van der Waals surface area contributed by atoms with Gasteiger partial charge in [0.1, 0.15) is 67.1 Å². The third-order valence-electron chi connectivity index (χ3n) is 7.66. The molecule has 3 saturated heterocycles. The van der Waals surface area contributed by atoms with Crippen LogP contribution in [0, 0.1) is 0 Å². The second-order valence-electron chi connectivity index (χ2n) is 10.9. The van der Waals surface area contributed by atoms with Gasteiger partial charge in [-0.2, -0.15) is 0 Å². The number of aliphatic hydroxyl groups excluding tert-OH is 9. The molecule has 4 heterocycles. The number of hydrogen-bond donors (Lipinski definition) is 13. The van der Waals surface area contributed by atoms with Crippen LogP contribution in [0.1, 0.15) is 0 Å². The maximum Gasteiger partial charge on any atom is 0.371 e. The molecule has 48 heavy (non-hydrogen) atoms. The van der Waals surface area contributed by atoms with Crippen LogP contribution in [-0.2, 0) is 52.3 Å². The monoisotopic (exact) mass is 704 g/mol. The molecular formula is C24H32O24. The van der Waals surface area contributed by atoms with E-state index in [0.717, 1.165) is 0 Å². The summed E-state index contributed by atoms with van der Waals surface area (Å²) in [5, 5.41) is 131. The number of rotatable bonds is 10. The zero-order valence-corrected chi connectivity index (χ0v) is 23.8. The SMILES string of the molecule is O=C(O)C1=C[C@H](O)[C@H](O)[C@H](O[C@H]2[C@H](O)[C@H](O)C(O[C@H]3[C@H](O)[C@H](O)[C@H](O[C@H]4[C@H](O)[C@H](O)C(O)O[C@H]4C(=O)O)O[C@@H]3C(=O)O)O[C@H]2C(=O)O)O1. The molecule has 0 radical (unpaired) electrons. The maximum absolute atomic E-state index is 12.1. The van der Waals surface area contributed by atoms with Crippen molar-refractivity contribution in [2.24, 2.45) is 0 Å². The number of carboxylic acid groups (broad SMARTS) is 4. The highest BCUT2D eigenvalue weighted by Crippen LogP contribution is 2.34. The molecule has 18 atom stereocenters. The summed E-state index contributed by atoms with van der Waals surface area (Å²) in [5.41, 5.74) is 0. The molecule has 0 amide bonds. The molecule has 0 bridgehead atoms. The normalized spacial score (nSPS) is 46.6. The van der Waals surface area contributed by atoms with Crippen LogP contribution in [0.25, 0.3) is 0 Å². The first kappa shape index (κ1) is 37.6. The first-order chi connectivity index (χ1) is 22.3. The molecule has 272 valence electrons. The van der Waals surface area contributed by atoms with E-state index in [1.165, 1.54) is 0 Å². The van der Waals surface area contributed by atoms with Gasteiger partial charge in [-0.1, -0.05) is 0 Å². The molecule has 0 aromatic carbocycles. The fourth-order valence-electron chi connectivity index (χ4n) is 5.14. The molecular weight excluding hydrogens is 672 g/mol. The molecule has 2 unspecified atom stereocenters. The van der Waals surface area contributed by atoms with E-state index in [4.69, 9.17) is 33.5 Å². The molecule has 24 heteroatoms. The molecule has 24 nitrogen and oxygen atoms in total. The highest BCUT2D eigenvalue weighted by atomic mass is 16.8. The molecule has 0 spiro atoms. The predicted molar refractivity (Wildman–Crippen MR) is 134 cm³/mol. The lowest BCUT2D eigenvalue weighted by Gasteiger charge is -2.47. The van der Waals surface area contributed by atoms with Crippen LogP contribution in [0.4, 0.5) is 0 Å². The standard InChI is InChI=1S/C24H32O24/c25-2-1-3(17(33)34)42-22(4(2)26)44-12-6(28)9(31)24(47-15(12)19(37)38)46-13-7(29)10(32)23(48-16(13)20(39)40)45-11-5(27)8(30)21(41)43-14(11)18(35)36/h1-2,4-16,21-32,41H,(H,33,34)(H,35,36)(H,37,38)(H,39,40)/t2-,4-,5+,6+,7+,8-,9-,10-,11-,12-,13-,14+,15+,16-,21?,22-,23+,24?/m0/s1. The van der Waals surface area contributed by atoms with Gasteiger partial charge in [0.2, 0.25) is 12.0 Å². The molecule has 4 aliphatic rings. The number of carbonyl (C=O) groups is 4. The summed E-state index contributed by atoms with van der Waals surface area (Å²) in [7, 11) is 0. The van der Waals surface area contributed by atoms with E-state index in [9.17, 15) is 80.5 Å². The minimum atomic E-state index is -2.41. The van der Waals surface area contributed by atoms with Crippen molar-refractivity contribution < 1.29 is 119 Å². The van der Waals surface area contributed by atoms with E-state index in [2.05, 4.69) is 4.74 Å². The fourth-order valence-corrected chi connectivity index (χ4v) is 5.14. The van der Waals surface area contributed by atoms with Crippen molar-refractivity contribution in [3.8, 4) is 0 Å². The van der Waals surface area contributed by atoms with Gasteiger partial charge in [0.15, 0.2) is 37.2 Å². The van der Waals surface area contributed by atoms with Gasteiger partial charge >= 0.3 is 23.9 Å². The smallest absolute Gasteiger partial charge is 0.371 e. The van der Waals surface area contributed by atoms with E-state index in [1.807, 2.05) is 0 Å². The number of hydrogen-bond acceptors (Lipinski definition) is 20. The van der Waals surface area contributed by atoms with Crippen LogP contribution >= 0.6 is 0 Å². The molecule has 0 aromatic heterocycles. The van der Waals surface area contributed by atoms with Crippen molar-refractivity contribution in [1.29, 1.82) is 0 Å². The quantitative estimate of drug-likeness (QED) is 0.100. The maximum atomic E-state index is 12.1. The van der Waals surface area contributed by atoms with Gasteiger partial charge in [-0.05, 0) is 6.08 Å². The largest absolute Gasteiger partial charge is 0.479 e. The highest BCUT2D eigenvalue weighted by Gasteiger charge is 2.57. The van der Waals surface area contributed by atoms with Gasteiger partial charge in [0.05, 0.1) is 0 Å². The number of carboxylic acids is 4. The van der Waals surface area contributed by atoms with Crippen molar-refractivity contribution >= 4 is 23.9 Å². The third-order valence-corrected chi connectivity index (χ3v) is 7.66. The van der Waals surface area contributed by atoms with E-state index >= 15 is 0 Å². The van der Waals surface area contributed by atoms with Crippen molar-refractivity contribution in [2.75, 3.05) is 0 Å². The first-order valence-corrected chi connectivity index (χ1v) is 13.7. The van der Waals surface area contributed by atoms with Gasteiger partial charge in [0, 0.05) is 0 Å². The molecule has 0 aromatic rings. The number of aliphatic carboxylic acids is 4. The third kappa shape index (κ3) is 7.37.